The summed E-state index contributed by atoms with van der Waals surface area (Å²) >= 11 is 1.68. The van der Waals surface area contributed by atoms with Gasteiger partial charge in [-0.15, -0.1) is 16.4 Å². The minimum atomic E-state index is -0.276. The molecule has 3 heterocycles. The maximum absolute atomic E-state index is 12.8. The van der Waals surface area contributed by atoms with Gasteiger partial charge < -0.3 is 9.80 Å². The summed E-state index contributed by atoms with van der Waals surface area (Å²) in [7, 11) is 3.66. The van der Waals surface area contributed by atoms with E-state index in [1.807, 2.05) is 14.1 Å². The molecule has 0 radical (unpaired) electrons. The van der Waals surface area contributed by atoms with Gasteiger partial charge in [-0.1, -0.05) is 0 Å². The van der Waals surface area contributed by atoms with Crippen LogP contribution in [-0.4, -0.2) is 57.6 Å². The summed E-state index contributed by atoms with van der Waals surface area (Å²) < 4.78 is 0. The normalized spacial score (nSPS) is 15.2. The first kappa shape index (κ1) is 17.4. The van der Waals surface area contributed by atoms with E-state index < -0.39 is 0 Å². The molecule has 2 aromatic heterocycles. The van der Waals surface area contributed by atoms with Gasteiger partial charge in [0.25, 0.3) is 0 Å². The number of urea groups is 1. The SMILES string of the molecule is Cc1scc(CN2CCC(=O)N(Cc3nc(N(C)C)n[nH]3)C2=O)c1C. The zero-order valence-corrected chi connectivity index (χ0v) is 15.7. The first-order chi connectivity index (χ1) is 11.9. The average molecular weight is 362 g/mol. The van der Waals surface area contributed by atoms with Gasteiger partial charge in [0.05, 0.1) is 6.54 Å². The van der Waals surface area contributed by atoms with Gasteiger partial charge in [-0.2, -0.15) is 4.98 Å². The lowest BCUT2D eigenvalue weighted by Gasteiger charge is -2.33. The smallest absolute Gasteiger partial charge is 0.327 e. The predicted octanol–water partition coefficient (Wildman–Crippen LogP) is 1.90. The summed E-state index contributed by atoms with van der Waals surface area (Å²) in [4.78, 5) is 35.3. The second-order valence-electron chi connectivity index (χ2n) is 6.35. The third-order valence-corrected chi connectivity index (χ3v) is 5.44. The molecular formula is C16H22N6O2S. The molecule has 0 unspecified atom stereocenters. The van der Waals surface area contributed by atoms with E-state index in [1.165, 1.54) is 15.3 Å². The van der Waals surface area contributed by atoms with Crippen molar-refractivity contribution in [2.75, 3.05) is 25.5 Å². The maximum Gasteiger partial charge on any atom is 0.327 e. The van der Waals surface area contributed by atoms with Crippen LogP contribution < -0.4 is 4.90 Å². The number of thiophene rings is 1. The second-order valence-corrected chi connectivity index (χ2v) is 7.44. The summed E-state index contributed by atoms with van der Waals surface area (Å²) in [5, 5.41) is 8.93. The maximum atomic E-state index is 12.8. The Balaban J connectivity index is 1.73. The third-order valence-electron chi connectivity index (χ3n) is 4.37. The third kappa shape index (κ3) is 3.51. The number of anilines is 1. The van der Waals surface area contributed by atoms with Gasteiger partial charge in [-0.05, 0) is 30.4 Å². The fraction of sp³-hybridized carbons (Fsp3) is 0.500. The number of carbonyl (C=O) groups is 2. The van der Waals surface area contributed by atoms with Crippen LogP contribution in [0.1, 0.15) is 28.2 Å². The second kappa shape index (κ2) is 6.83. The van der Waals surface area contributed by atoms with Crippen LogP contribution in [0.15, 0.2) is 5.38 Å². The Bertz CT molecular complexity index is 796. The number of imide groups is 1. The number of carbonyl (C=O) groups excluding carboxylic acids is 2. The molecule has 0 atom stereocenters. The molecule has 134 valence electrons. The van der Waals surface area contributed by atoms with Crippen LogP contribution in [0, 0.1) is 13.8 Å². The van der Waals surface area contributed by atoms with Crippen molar-refractivity contribution in [1.82, 2.24) is 25.0 Å². The quantitative estimate of drug-likeness (QED) is 0.878. The van der Waals surface area contributed by atoms with Gasteiger partial charge in [-0.3, -0.25) is 14.8 Å². The van der Waals surface area contributed by atoms with Gasteiger partial charge in [0.15, 0.2) is 0 Å². The van der Waals surface area contributed by atoms with Crippen LogP contribution in [0.4, 0.5) is 10.7 Å². The van der Waals surface area contributed by atoms with Gasteiger partial charge in [0.2, 0.25) is 11.9 Å². The van der Waals surface area contributed by atoms with Crippen molar-refractivity contribution in [1.29, 1.82) is 0 Å². The van der Waals surface area contributed by atoms with E-state index in [9.17, 15) is 9.59 Å². The molecule has 0 aliphatic carbocycles. The van der Waals surface area contributed by atoms with Crippen LogP contribution in [0.2, 0.25) is 0 Å². The molecule has 8 nitrogen and oxygen atoms in total. The van der Waals surface area contributed by atoms with Crippen LogP contribution in [0.5, 0.6) is 0 Å². The molecular weight excluding hydrogens is 340 g/mol. The van der Waals surface area contributed by atoms with Crippen molar-refractivity contribution >= 4 is 29.2 Å². The Morgan fingerprint density at radius 2 is 2.04 bits per heavy atom. The molecule has 2 aromatic rings. The highest BCUT2D eigenvalue weighted by Crippen LogP contribution is 2.24. The standard InChI is InChI=1S/C16H22N6O2S/c1-10-11(2)25-9-12(10)7-21-6-5-14(23)22(16(21)24)8-13-17-15(19-18-13)20(3)4/h9H,5-8H2,1-4H3,(H,17,18,19). The topological polar surface area (TPSA) is 85.4 Å². The number of nitrogens with one attached hydrogen (secondary N) is 1. The highest BCUT2D eigenvalue weighted by Gasteiger charge is 2.33. The molecule has 0 saturated carbocycles. The molecule has 1 saturated heterocycles. The Morgan fingerprint density at radius 1 is 1.28 bits per heavy atom. The van der Waals surface area contributed by atoms with E-state index in [1.54, 1.807) is 21.1 Å². The van der Waals surface area contributed by atoms with E-state index in [2.05, 4.69) is 34.4 Å². The number of rotatable bonds is 5. The minimum absolute atomic E-state index is 0.108. The lowest BCUT2D eigenvalue weighted by molar-refractivity contribution is -0.131. The number of aromatic amines is 1. The Morgan fingerprint density at radius 3 is 2.64 bits per heavy atom. The summed E-state index contributed by atoms with van der Waals surface area (Å²) in [6.07, 6.45) is 0.322. The number of amides is 3. The lowest BCUT2D eigenvalue weighted by atomic mass is 10.1. The molecule has 1 N–H and O–H groups in total. The van der Waals surface area contributed by atoms with Gasteiger partial charge in [-0.25, -0.2) is 4.79 Å². The largest absolute Gasteiger partial charge is 0.346 e. The molecule has 3 rings (SSSR count). The summed E-state index contributed by atoms with van der Waals surface area (Å²) in [6.45, 7) is 5.22. The number of H-pyrrole nitrogens is 1. The summed E-state index contributed by atoms with van der Waals surface area (Å²) in [5.74, 6) is 0.838. The van der Waals surface area contributed by atoms with Crippen LogP contribution >= 0.6 is 11.3 Å². The zero-order valence-electron chi connectivity index (χ0n) is 14.9. The minimum Gasteiger partial charge on any atom is -0.346 e. The lowest BCUT2D eigenvalue weighted by Crippen LogP contribution is -2.51. The monoisotopic (exact) mass is 362 g/mol. The number of hydrogen-bond donors (Lipinski definition) is 1. The molecule has 1 aliphatic heterocycles. The summed E-state index contributed by atoms with van der Waals surface area (Å²) in [5.41, 5.74) is 2.35. The number of aromatic nitrogens is 3. The van der Waals surface area contributed by atoms with Crippen molar-refractivity contribution in [2.45, 2.75) is 33.4 Å². The Hall–Kier alpha value is -2.42. The van der Waals surface area contributed by atoms with Crippen molar-refractivity contribution in [3.63, 3.8) is 0 Å². The van der Waals surface area contributed by atoms with Crippen LogP contribution in [0.25, 0.3) is 0 Å². The first-order valence-corrected chi connectivity index (χ1v) is 8.96. The molecule has 25 heavy (non-hydrogen) atoms. The fourth-order valence-corrected chi connectivity index (χ4v) is 3.55. The molecule has 0 spiro atoms. The van der Waals surface area contributed by atoms with Gasteiger partial charge >= 0.3 is 6.03 Å². The Labute approximate surface area is 150 Å². The molecule has 0 bridgehead atoms. The van der Waals surface area contributed by atoms with E-state index in [0.717, 1.165) is 5.56 Å². The molecule has 1 aliphatic rings. The number of nitrogens with zero attached hydrogens (tertiary/aromatic N) is 5. The average Bonchev–Trinajstić information content (AvgIpc) is 3.16. The molecule has 0 aromatic carbocycles. The van der Waals surface area contributed by atoms with Crippen molar-refractivity contribution in [2.24, 2.45) is 0 Å². The van der Waals surface area contributed by atoms with Crippen LogP contribution in [-0.2, 0) is 17.9 Å². The van der Waals surface area contributed by atoms with Crippen molar-refractivity contribution in [3.05, 3.63) is 27.2 Å². The molecule has 9 heteroatoms. The van der Waals surface area contributed by atoms with E-state index >= 15 is 0 Å². The van der Waals surface area contributed by atoms with E-state index in [0.29, 0.717) is 31.3 Å². The van der Waals surface area contributed by atoms with Crippen molar-refractivity contribution < 1.29 is 9.59 Å². The van der Waals surface area contributed by atoms with Gasteiger partial charge in [0.1, 0.15) is 5.82 Å². The highest BCUT2D eigenvalue weighted by atomic mass is 32.1. The summed E-state index contributed by atoms with van der Waals surface area (Å²) in [6, 6.07) is -0.276. The van der Waals surface area contributed by atoms with E-state index in [-0.39, 0.29) is 18.5 Å². The van der Waals surface area contributed by atoms with E-state index in [4.69, 9.17) is 0 Å². The number of aryl methyl sites for hydroxylation is 1. The highest BCUT2D eigenvalue weighted by molar-refractivity contribution is 7.10. The molecule has 3 amide bonds. The predicted molar refractivity (Wildman–Crippen MR) is 95.5 cm³/mol. The van der Waals surface area contributed by atoms with Crippen LogP contribution in [0.3, 0.4) is 0 Å². The Kier molecular flexibility index (Phi) is 4.76. The van der Waals surface area contributed by atoms with Crippen molar-refractivity contribution in [3.8, 4) is 0 Å². The zero-order chi connectivity index (χ0) is 18.1. The first-order valence-electron chi connectivity index (χ1n) is 8.08. The number of hydrogen-bond acceptors (Lipinski definition) is 6. The fourth-order valence-electron chi connectivity index (χ4n) is 2.67. The molecule has 1 fully saturated rings. The van der Waals surface area contributed by atoms with Gasteiger partial charge in [0, 0.05) is 38.5 Å².